The molecule has 2 atom stereocenters. The quantitative estimate of drug-likeness (QED) is 0.792. The third-order valence-corrected chi connectivity index (χ3v) is 3.60. The van der Waals surface area contributed by atoms with Crippen LogP contribution in [0.5, 0.6) is 0 Å². The predicted octanol–water partition coefficient (Wildman–Crippen LogP) is 1.03. The van der Waals surface area contributed by atoms with Gasteiger partial charge in [0.05, 0.1) is 17.2 Å². The highest BCUT2D eigenvalue weighted by atomic mass is 19.1. The Hall–Kier alpha value is -2.35. The van der Waals surface area contributed by atoms with Gasteiger partial charge < -0.3 is 10.2 Å². The van der Waals surface area contributed by atoms with Crippen LogP contribution in [0.2, 0.25) is 0 Å². The van der Waals surface area contributed by atoms with Gasteiger partial charge in [-0.15, -0.1) is 0 Å². The fraction of sp³-hybridized carbons (Fsp3) is 0.357. The summed E-state index contributed by atoms with van der Waals surface area (Å²) in [4.78, 5) is 35.7. The number of halogens is 2. The first-order chi connectivity index (χ1) is 10.3. The SMILES string of the molecule is CC[C@@H](O)[C@H](CN1C(=O)c2c(F)ccc(F)c2C1=O)C(=O)O. The molecule has 1 aliphatic rings. The normalized spacial score (nSPS) is 16.6. The lowest BCUT2D eigenvalue weighted by Gasteiger charge is -2.22. The molecule has 0 aromatic heterocycles. The number of nitrogens with zero attached hydrogens (tertiary/aromatic N) is 1. The molecule has 0 saturated carbocycles. The summed E-state index contributed by atoms with van der Waals surface area (Å²) in [5, 5.41) is 18.7. The molecule has 1 heterocycles. The molecule has 1 aliphatic heterocycles. The number of aliphatic carboxylic acids is 1. The Morgan fingerprint density at radius 2 is 1.64 bits per heavy atom. The first-order valence-corrected chi connectivity index (χ1v) is 6.54. The van der Waals surface area contributed by atoms with Crippen molar-refractivity contribution >= 4 is 17.8 Å². The zero-order chi connectivity index (χ0) is 16.6. The topological polar surface area (TPSA) is 94.9 Å². The van der Waals surface area contributed by atoms with Crippen molar-refractivity contribution in [3.05, 3.63) is 34.9 Å². The van der Waals surface area contributed by atoms with Crippen LogP contribution >= 0.6 is 0 Å². The third-order valence-electron chi connectivity index (χ3n) is 3.60. The zero-order valence-corrected chi connectivity index (χ0v) is 11.5. The second-order valence-electron chi connectivity index (χ2n) is 4.92. The Kier molecular flexibility index (Phi) is 4.23. The molecule has 22 heavy (non-hydrogen) atoms. The van der Waals surface area contributed by atoms with E-state index in [0.29, 0.717) is 4.90 Å². The number of aliphatic hydroxyl groups is 1. The van der Waals surface area contributed by atoms with Crippen LogP contribution in [0.25, 0.3) is 0 Å². The van der Waals surface area contributed by atoms with Gasteiger partial charge in [0.25, 0.3) is 11.8 Å². The van der Waals surface area contributed by atoms with Crippen LogP contribution < -0.4 is 0 Å². The number of hydrogen-bond acceptors (Lipinski definition) is 4. The van der Waals surface area contributed by atoms with Gasteiger partial charge in [0.2, 0.25) is 0 Å². The molecule has 0 bridgehead atoms. The fourth-order valence-electron chi connectivity index (χ4n) is 2.34. The molecule has 0 spiro atoms. The van der Waals surface area contributed by atoms with E-state index in [9.17, 15) is 28.3 Å². The lowest BCUT2D eigenvalue weighted by molar-refractivity contribution is -0.146. The monoisotopic (exact) mass is 313 g/mol. The molecule has 8 heteroatoms. The molecule has 1 aromatic carbocycles. The van der Waals surface area contributed by atoms with Crippen LogP contribution in [0.4, 0.5) is 8.78 Å². The van der Waals surface area contributed by atoms with E-state index < -0.39 is 59.1 Å². The summed E-state index contributed by atoms with van der Waals surface area (Å²) in [5.41, 5.74) is -1.42. The van der Waals surface area contributed by atoms with Gasteiger partial charge >= 0.3 is 5.97 Å². The Morgan fingerprint density at radius 3 is 2.00 bits per heavy atom. The van der Waals surface area contributed by atoms with E-state index >= 15 is 0 Å². The molecule has 1 aromatic rings. The number of carbonyl (C=O) groups is 3. The van der Waals surface area contributed by atoms with Crippen molar-refractivity contribution in [3.8, 4) is 0 Å². The highest BCUT2D eigenvalue weighted by molar-refractivity contribution is 6.21. The third kappa shape index (κ3) is 2.45. The summed E-state index contributed by atoms with van der Waals surface area (Å²) in [6.45, 7) is 0.873. The Bertz CT molecular complexity index is 620. The number of fused-ring (bicyclic) bond motifs is 1. The molecule has 0 radical (unpaired) electrons. The second-order valence-corrected chi connectivity index (χ2v) is 4.92. The van der Waals surface area contributed by atoms with E-state index in [2.05, 4.69) is 0 Å². The van der Waals surface area contributed by atoms with Gasteiger partial charge in [0.15, 0.2) is 0 Å². The van der Waals surface area contributed by atoms with Crippen molar-refractivity contribution < 1.29 is 33.4 Å². The minimum absolute atomic E-state index is 0.0862. The standard InChI is InChI=1S/C14H13F2NO5/c1-2-9(18)6(14(21)22)5-17-12(19)10-7(15)3-4-8(16)11(10)13(17)20/h3-4,6,9,18H,2,5H2,1H3,(H,21,22)/t6-,9+/m0/s1. The van der Waals surface area contributed by atoms with Gasteiger partial charge in [-0.2, -0.15) is 0 Å². The molecule has 2 rings (SSSR count). The number of benzene rings is 1. The number of hydrogen-bond donors (Lipinski definition) is 2. The molecule has 0 saturated heterocycles. The lowest BCUT2D eigenvalue weighted by atomic mass is 10.00. The van der Waals surface area contributed by atoms with E-state index in [4.69, 9.17) is 5.11 Å². The van der Waals surface area contributed by atoms with E-state index in [1.807, 2.05) is 0 Å². The smallest absolute Gasteiger partial charge is 0.310 e. The van der Waals surface area contributed by atoms with Gasteiger partial charge in [0, 0.05) is 6.54 Å². The molecular weight excluding hydrogens is 300 g/mol. The first kappa shape index (κ1) is 16.0. The van der Waals surface area contributed by atoms with Crippen molar-refractivity contribution in [1.29, 1.82) is 0 Å². The van der Waals surface area contributed by atoms with E-state index in [1.54, 1.807) is 0 Å². The number of imide groups is 1. The maximum absolute atomic E-state index is 13.7. The molecule has 2 amide bonds. The minimum Gasteiger partial charge on any atom is -0.481 e. The number of aliphatic hydroxyl groups excluding tert-OH is 1. The van der Waals surface area contributed by atoms with Crippen LogP contribution in [0.1, 0.15) is 34.1 Å². The second kappa shape index (κ2) is 5.80. The predicted molar refractivity (Wildman–Crippen MR) is 69.1 cm³/mol. The van der Waals surface area contributed by atoms with Crippen molar-refractivity contribution in [2.75, 3.05) is 6.54 Å². The molecule has 0 fully saturated rings. The first-order valence-electron chi connectivity index (χ1n) is 6.54. The van der Waals surface area contributed by atoms with Crippen LogP contribution in [0.3, 0.4) is 0 Å². The lowest BCUT2D eigenvalue weighted by Crippen LogP contribution is -2.42. The molecular formula is C14H13F2NO5. The number of rotatable bonds is 5. The van der Waals surface area contributed by atoms with Gasteiger partial charge in [-0.25, -0.2) is 8.78 Å². The summed E-state index contributed by atoms with van der Waals surface area (Å²) < 4.78 is 27.3. The Balaban J connectivity index is 2.38. The average Bonchev–Trinajstić information content (AvgIpc) is 2.72. The summed E-state index contributed by atoms with van der Waals surface area (Å²) >= 11 is 0. The summed E-state index contributed by atoms with van der Waals surface area (Å²) in [6, 6.07) is 1.44. The molecule has 118 valence electrons. The maximum Gasteiger partial charge on any atom is 0.310 e. The van der Waals surface area contributed by atoms with Gasteiger partial charge in [-0.3, -0.25) is 19.3 Å². The minimum atomic E-state index is -1.43. The Morgan fingerprint density at radius 1 is 1.18 bits per heavy atom. The van der Waals surface area contributed by atoms with Crippen molar-refractivity contribution in [2.24, 2.45) is 5.92 Å². The summed E-state index contributed by atoms with van der Waals surface area (Å²) in [6.07, 6.45) is -1.21. The van der Waals surface area contributed by atoms with Gasteiger partial charge in [-0.1, -0.05) is 6.92 Å². The highest BCUT2D eigenvalue weighted by Crippen LogP contribution is 2.28. The van der Waals surface area contributed by atoms with Gasteiger partial charge in [-0.05, 0) is 18.6 Å². The van der Waals surface area contributed by atoms with Crippen molar-refractivity contribution in [2.45, 2.75) is 19.4 Å². The largest absolute Gasteiger partial charge is 0.481 e. The highest BCUT2D eigenvalue weighted by Gasteiger charge is 2.43. The maximum atomic E-state index is 13.7. The van der Waals surface area contributed by atoms with E-state index in [0.717, 1.165) is 12.1 Å². The van der Waals surface area contributed by atoms with Gasteiger partial charge in [0.1, 0.15) is 17.6 Å². The zero-order valence-electron chi connectivity index (χ0n) is 11.5. The average molecular weight is 313 g/mol. The van der Waals surface area contributed by atoms with Crippen molar-refractivity contribution in [1.82, 2.24) is 4.90 Å². The molecule has 6 nitrogen and oxygen atoms in total. The van der Waals surface area contributed by atoms with Crippen LogP contribution in [0.15, 0.2) is 12.1 Å². The molecule has 2 N–H and O–H groups in total. The number of amides is 2. The number of carboxylic acid groups (broad SMARTS) is 1. The summed E-state index contributed by atoms with van der Waals surface area (Å²) in [7, 11) is 0. The Labute approximate surface area is 124 Å². The van der Waals surface area contributed by atoms with Crippen LogP contribution in [-0.2, 0) is 4.79 Å². The molecule has 0 unspecified atom stereocenters. The number of carboxylic acids is 1. The summed E-state index contributed by atoms with van der Waals surface area (Å²) in [5.74, 6) is -7.16. The number of carbonyl (C=O) groups excluding carboxylic acids is 2. The van der Waals surface area contributed by atoms with E-state index in [1.165, 1.54) is 6.92 Å². The van der Waals surface area contributed by atoms with Crippen molar-refractivity contribution in [3.63, 3.8) is 0 Å². The fourth-order valence-corrected chi connectivity index (χ4v) is 2.34. The van der Waals surface area contributed by atoms with Crippen LogP contribution in [-0.4, -0.2) is 45.5 Å². The van der Waals surface area contributed by atoms with E-state index in [-0.39, 0.29) is 6.42 Å². The molecule has 0 aliphatic carbocycles. The van der Waals surface area contributed by atoms with Crippen LogP contribution in [0, 0.1) is 17.6 Å².